The fourth-order valence-electron chi connectivity index (χ4n) is 3.10. The van der Waals surface area contributed by atoms with Crippen LogP contribution in [0.2, 0.25) is 0 Å². The van der Waals surface area contributed by atoms with E-state index in [0.29, 0.717) is 34.7 Å². The van der Waals surface area contributed by atoms with E-state index in [-0.39, 0.29) is 5.57 Å². The summed E-state index contributed by atoms with van der Waals surface area (Å²) in [5.74, 6) is 1.59. The van der Waals surface area contributed by atoms with Gasteiger partial charge in [0.25, 0.3) is 5.91 Å². The van der Waals surface area contributed by atoms with Gasteiger partial charge in [0.05, 0.1) is 7.11 Å². The molecule has 0 radical (unpaired) electrons. The zero-order valence-corrected chi connectivity index (χ0v) is 20.2. The lowest BCUT2D eigenvalue weighted by atomic mass is 10.1. The van der Waals surface area contributed by atoms with Gasteiger partial charge in [-0.25, -0.2) is 0 Å². The molecule has 3 aromatic carbocycles. The Labute approximate surface area is 212 Å². The van der Waals surface area contributed by atoms with Crippen LogP contribution < -0.4 is 19.5 Å². The van der Waals surface area contributed by atoms with E-state index in [9.17, 15) is 10.1 Å². The fraction of sp³-hybridized carbons (Fsp3) is 0.111. The standard InChI is InChI=1S/C27H22N4O4S/c1-33-22-11-13-24(14-12-22)35-16-15-34-23-9-7-19(8-10-23)17-21(18-28)25(32)29-27-31-30-26(36-27)20-5-3-2-4-6-20/h2-14,17H,15-16H2,1H3,(H,29,31,32)/b21-17-. The Morgan fingerprint density at radius 1 is 0.917 bits per heavy atom. The SMILES string of the molecule is COc1ccc(OCCOc2ccc(/C=C(/C#N)C(=O)Nc3nnc(-c4ccccc4)s3)cc2)cc1. The number of ether oxygens (including phenoxy) is 3. The number of methoxy groups -OCH3 is 1. The van der Waals surface area contributed by atoms with Crippen LogP contribution in [-0.4, -0.2) is 36.4 Å². The summed E-state index contributed by atoms with van der Waals surface area (Å²) >= 11 is 1.24. The molecule has 180 valence electrons. The van der Waals surface area contributed by atoms with Gasteiger partial charge in [0, 0.05) is 5.56 Å². The number of nitrogens with zero attached hydrogens (tertiary/aromatic N) is 3. The Morgan fingerprint density at radius 2 is 1.53 bits per heavy atom. The summed E-state index contributed by atoms with van der Waals surface area (Å²) < 4.78 is 16.5. The summed E-state index contributed by atoms with van der Waals surface area (Å²) in [4.78, 5) is 12.6. The molecule has 8 nitrogen and oxygen atoms in total. The van der Waals surface area contributed by atoms with E-state index in [0.717, 1.165) is 17.1 Å². The number of aromatic nitrogens is 2. The summed E-state index contributed by atoms with van der Waals surface area (Å²) in [6.45, 7) is 0.740. The first kappa shape index (κ1) is 24.4. The van der Waals surface area contributed by atoms with Crippen LogP contribution in [0.3, 0.4) is 0 Å². The largest absolute Gasteiger partial charge is 0.497 e. The fourth-order valence-corrected chi connectivity index (χ4v) is 3.85. The lowest BCUT2D eigenvalue weighted by molar-refractivity contribution is -0.112. The summed E-state index contributed by atoms with van der Waals surface area (Å²) in [5.41, 5.74) is 1.54. The smallest absolute Gasteiger partial charge is 0.268 e. The van der Waals surface area contributed by atoms with Crippen molar-refractivity contribution in [2.24, 2.45) is 0 Å². The Hall–Kier alpha value is -4.68. The summed E-state index contributed by atoms with van der Waals surface area (Å²) in [6.07, 6.45) is 1.51. The third kappa shape index (κ3) is 6.68. The molecule has 4 rings (SSSR count). The van der Waals surface area contributed by atoms with Gasteiger partial charge in [-0.3, -0.25) is 10.1 Å². The third-order valence-corrected chi connectivity index (χ3v) is 5.79. The zero-order chi connectivity index (χ0) is 25.2. The maximum absolute atomic E-state index is 12.6. The van der Waals surface area contributed by atoms with Crippen LogP contribution >= 0.6 is 11.3 Å². The summed E-state index contributed by atoms with van der Waals surface area (Å²) in [7, 11) is 1.61. The van der Waals surface area contributed by atoms with Crippen molar-refractivity contribution in [3.63, 3.8) is 0 Å². The van der Waals surface area contributed by atoms with Crippen LogP contribution in [0.15, 0.2) is 84.4 Å². The van der Waals surface area contributed by atoms with Crippen molar-refractivity contribution in [3.8, 4) is 33.9 Å². The minimum Gasteiger partial charge on any atom is -0.497 e. The highest BCUT2D eigenvalue weighted by atomic mass is 32.1. The molecule has 0 aliphatic heterocycles. The highest BCUT2D eigenvalue weighted by molar-refractivity contribution is 7.18. The molecule has 0 aliphatic carbocycles. The van der Waals surface area contributed by atoms with Crippen molar-refractivity contribution >= 4 is 28.5 Å². The minimum absolute atomic E-state index is 0.0481. The van der Waals surface area contributed by atoms with E-state index in [1.165, 1.54) is 17.4 Å². The van der Waals surface area contributed by atoms with Gasteiger partial charge in [-0.05, 0) is 48.0 Å². The molecule has 0 fully saturated rings. The number of carbonyl (C=O) groups is 1. The van der Waals surface area contributed by atoms with Gasteiger partial charge in [0.15, 0.2) is 0 Å². The first-order valence-electron chi connectivity index (χ1n) is 11.0. The van der Waals surface area contributed by atoms with Crippen molar-refractivity contribution < 1.29 is 19.0 Å². The molecule has 0 saturated heterocycles. The van der Waals surface area contributed by atoms with Crippen LogP contribution in [-0.2, 0) is 4.79 Å². The second-order valence-electron chi connectivity index (χ2n) is 7.34. The average Bonchev–Trinajstić information content (AvgIpc) is 3.39. The number of anilines is 1. The number of amides is 1. The van der Waals surface area contributed by atoms with E-state index < -0.39 is 5.91 Å². The van der Waals surface area contributed by atoms with Crippen molar-refractivity contribution in [1.82, 2.24) is 10.2 Å². The van der Waals surface area contributed by atoms with Gasteiger partial charge < -0.3 is 14.2 Å². The molecule has 1 heterocycles. The predicted molar refractivity (Wildman–Crippen MR) is 138 cm³/mol. The van der Waals surface area contributed by atoms with Crippen molar-refractivity contribution in [1.29, 1.82) is 5.26 Å². The minimum atomic E-state index is -0.552. The molecule has 1 amide bonds. The number of nitriles is 1. The first-order chi connectivity index (χ1) is 17.6. The highest BCUT2D eigenvalue weighted by Gasteiger charge is 2.13. The van der Waals surface area contributed by atoms with Crippen molar-refractivity contribution in [3.05, 3.63) is 90.0 Å². The molecule has 1 aromatic heterocycles. The Kier molecular flexibility index (Phi) is 8.25. The zero-order valence-electron chi connectivity index (χ0n) is 19.4. The number of nitrogens with one attached hydrogen (secondary N) is 1. The van der Waals surface area contributed by atoms with Crippen LogP contribution in [0, 0.1) is 11.3 Å². The molecule has 1 N–H and O–H groups in total. The van der Waals surface area contributed by atoms with E-state index in [4.69, 9.17) is 14.2 Å². The summed E-state index contributed by atoms with van der Waals surface area (Å²) in [5, 5.41) is 21.2. The number of benzene rings is 3. The molecule has 0 aliphatic rings. The van der Waals surface area contributed by atoms with Crippen molar-refractivity contribution in [2.45, 2.75) is 0 Å². The van der Waals surface area contributed by atoms with E-state index in [1.54, 1.807) is 31.4 Å². The van der Waals surface area contributed by atoms with E-state index in [2.05, 4.69) is 15.5 Å². The van der Waals surface area contributed by atoms with E-state index in [1.807, 2.05) is 60.7 Å². The lowest BCUT2D eigenvalue weighted by Crippen LogP contribution is -2.13. The number of hydrogen-bond donors (Lipinski definition) is 1. The number of rotatable bonds is 10. The van der Waals surface area contributed by atoms with Crippen LogP contribution in [0.4, 0.5) is 5.13 Å². The van der Waals surface area contributed by atoms with E-state index >= 15 is 0 Å². The molecule has 0 unspecified atom stereocenters. The van der Waals surface area contributed by atoms with Gasteiger partial charge in [-0.1, -0.05) is 53.8 Å². The van der Waals surface area contributed by atoms with Gasteiger partial charge in [0.2, 0.25) is 5.13 Å². The second kappa shape index (κ2) is 12.1. The molecular formula is C27H22N4O4S. The van der Waals surface area contributed by atoms with Crippen LogP contribution in [0.25, 0.3) is 16.6 Å². The lowest BCUT2D eigenvalue weighted by Gasteiger charge is -2.09. The second-order valence-corrected chi connectivity index (χ2v) is 8.32. The van der Waals surface area contributed by atoms with Crippen LogP contribution in [0.1, 0.15) is 5.56 Å². The van der Waals surface area contributed by atoms with Gasteiger partial charge in [-0.15, -0.1) is 10.2 Å². The third-order valence-electron chi connectivity index (χ3n) is 4.90. The maximum Gasteiger partial charge on any atom is 0.268 e. The predicted octanol–water partition coefficient (Wildman–Crippen LogP) is 5.22. The molecule has 4 aromatic rings. The topological polar surface area (TPSA) is 106 Å². The molecule has 0 bridgehead atoms. The van der Waals surface area contributed by atoms with Gasteiger partial charge >= 0.3 is 0 Å². The quantitative estimate of drug-likeness (QED) is 0.182. The normalized spacial score (nSPS) is 10.8. The number of carbonyl (C=O) groups excluding carboxylic acids is 1. The molecule has 0 saturated carbocycles. The average molecular weight is 499 g/mol. The van der Waals surface area contributed by atoms with Crippen LogP contribution in [0.5, 0.6) is 17.2 Å². The molecule has 9 heteroatoms. The Bertz CT molecular complexity index is 1360. The maximum atomic E-state index is 12.6. The molecule has 0 spiro atoms. The molecule has 36 heavy (non-hydrogen) atoms. The Balaban J connectivity index is 1.29. The molecular weight excluding hydrogens is 476 g/mol. The first-order valence-corrected chi connectivity index (χ1v) is 11.8. The van der Waals surface area contributed by atoms with Gasteiger partial charge in [-0.2, -0.15) is 5.26 Å². The number of hydrogen-bond acceptors (Lipinski definition) is 8. The Morgan fingerprint density at radius 3 is 2.14 bits per heavy atom. The monoisotopic (exact) mass is 498 g/mol. The highest BCUT2D eigenvalue weighted by Crippen LogP contribution is 2.26. The summed E-state index contributed by atoms with van der Waals surface area (Å²) in [6, 6.07) is 25.9. The van der Waals surface area contributed by atoms with Crippen molar-refractivity contribution in [2.75, 3.05) is 25.6 Å². The molecule has 0 atom stereocenters. The van der Waals surface area contributed by atoms with Gasteiger partial charge in [0.1, 0.15) is 47.1 Å².